The normalized spacial score (nSPS) is 12.9. The topological polar surface area (TPSA) is 64.9 Å². The number of nitrogens with two attached hydrogens (primary N) is 1. The first kappa shape index (κ1) is 16.0. The summed E-state index contributed by atoms with van der Waals surface area (Å²) in [7, 11) is 0. The smallest absolute Gasteiger partial charge is 0.228 e. The van der Waals surface area contributed by atoms with Gasteiger partial charge in [0.05, 0.1) is 4.47 Å². The van der Waals surface area contributed by atoms with Gasteiger partial charge in [-0.2, -0.15) is 4.98 Å². The third kappa shape index (κ3) is 3.85. The van der Waals surface area contributed by atoms with Crippen LogP contribution in [0, 0.1) is 17.6 Å². The highest BCUT2D eigenvalue weighted by molar-refractivity contribution is 9.10. The Kier molecular flexibility index (Phi) is 5.05. The average molecular weight is 360 g/mol. The van der Waals surface area contributed by atoms with Gasteiger partial charge in [-0.05, 0) is 40.4 Å². The lowest BCUT2D eigenvalue weighted by Crippen LogP contribution is -2.24. The van der Waals surface area contributed by atoms with Crippen LogP contribution in [0.3, 0.4) is 0 Å². The summed E-state index contributed by atoms with van der Waals surface area (Å²) < 4.78 is 31.7. The van der Waals surface area contributed by atoms with E-state index in [9.17, 15) is 8.78 Å². The number of halogens is 3. The van der Waals surface area contributed by atoms with Gasteiger partial charge in [0.2, 0.25) is 11.7 Å². The van der Waals surface area contributed by atoms with Gasteiger partial charge in [-0.15, -0.1) is 0 Å². The van der Waals surface area contributed by atoms with Crippen LogP contribution in [0.4, 0.5) is 8.78 Å². The first-order valence-corrected chi connectivity index (χ1v) is 7.39. The molecule has 114 valence electrons. The molecule has 21 heavy (non-hydrogen) atoms. The van der Waals surface area contributed by atoms with Crippen LogP contribution in [0.25, 0.3) is 11.4 Å². The molecule has 7 heteroatoms. The van der Waals surface area contributed by atoms with Crippen molar-refractivity contribution >= 4 is 15.9 Å². The van der Waals surface area contributed by atoms with Crippen LogP contribution >= 0.6 is 15.9 Å². The number of rotatable bonds is 5. The van der Waals surface area contributed by atoms with Crippen molar-refractivity contribution in [3.63, 3.8) is 0 Å². The molecule has 0 amide bonds. The van der Waals surface area contributed by atoms with Crippen molar-refractivity contribution in [2.24, 2.45) is 11.7 Å². The molecule has 0 aliphatic rings. The van der Waals surface area contributed by atoms with Crippen LogP contribution in [-0.2, 0) is 6.42 Å². The first-order valence-electron chi connectivity index (χ1n) is 6.60. The van der Waals surface area contributed by atoms with Crippen molar-refractivity contribution in [3.05, 3.63) is 34.1 Å². The molecule has 0 aliphatic heterocycles. The molecule has 0 bridgehead atoms. The molecule has 4 nitrogen and oxygen atoms in total. The Hall–Kier alpha value is -1.34. The minimum atomic E-state index is -0.977. The summed E-state index contributed by atoms with van der Waals surface area (Å²) in [5, 5.41) is 3.79. The largest absolute Gasteiger partial charge is 0.339 e. The van der Waals surface area contributed by atoms with Crippen LogP contribution in [0.1, 0.15) is 26.2 Å². The second kappa shape index (κ2) is 6.62. The predicted molar refractivity (Wildman–Crippen MR) is 78.5 cm³/mol. The molecule has 0 aliphatic carbocycles. The summed E-state index contributed by atoms with van der Waals surface area (Å²) in [6, 6.07) is 2.34. The zero-order valence-corrected chi connectivity index (χ0v) is 13.3. The molecular weight excluding hydrogens is 344 g/mol. The summed E-state index contributed by atoms with van der Waals surface area (Å²) in [5.74, 6) is -0.853. The minimum Gasteiger partial charge on any atom is -0.339 e. The fourth-order valence-electron chi connectivity index (χ4n) is 2.06. The van der Waals surface area contributed by atoms with E-state index in [0.717, 1.165) is 12.5 Å². The Bertz CT molecular complexity index is 631. The second-order valence-corrected chi connectivity index (χ2v) is 6.12. The van der Waals surface area contributed by atoms with E-state index in [4.69, 9.17) is 10.3 Å². The molecule has 0 radical (unpaired) electrons. The molecule has 1 atom stereocenters. The summed E-state index contributed by atoms with van der Waals surface area (Å²) in [6.07, 6.45) is 1.29. The van der Waals surface area contributed by atoms with Gasteiger partial charge in [0.15, 0.2) is 11.6 Å². The number of aromatic nitrogens is 2. The van der Waals surface area contributed by atoms with Crippen molar-refractivity contribution < 1.29 is 13.3 Å². The fourth-order valence-corrected chi connectivity index (χ4v) is 2.56. The van der Waals surface area contributed by atoms with Gasteiger partial charge in [0.25, 0.3) is 0 Å². The summed E-state index contributed by atoms with van der Waals surface area (Å²) in [6.45, 7) is 4.16. The SMILES string of the molecule is CC(C)CC(N)Cc1nc(-c2ccc(F)c(F)c2Br)no1. The molecule has 1 aromatic heterocycles. The molecule has 0 fully saturated rings. The minimum absolute atomic E-state index is 0.0265. The van der Waals surface area contributed by atoms with Crippen molar-refractivity contribution in [1.82, 2.24) is 10.1 Å². The fraction of sp³-hybridized carbons (Fsp3) is 0.429. The maximum atomic E-state index is 13.5. The Balaban J connectivity index is 2.19. The van der Waals surface area contributed by atoms with Gasteiger partial charge in [0, 0.05) is 18.0 Å². The van der Waals surface area contributed by atoms with E-state index in [1.807, 2.05) is 0 Å². The van der Waals surface area contributed by atoms with E-state index < -0.39 is 11.6 Å². The lowest BCUT2D eigenvalue weighted by Gasteiger charge is -2.10. The van der Waals surface area contributed by atoms with Gasteiger partial charge >= 0.3 is 0 Å². The molecule has 2 rings (SSSR count). The number of nitrogens with zero attached hydrogens (tertiary/aromatic N) is 2. The number of hydrogen-bond acceptors (Lipinski definition) is 4. The Morgan fingerprint density at radius 3 is 2.71 bits per heavy atom. The van der Waals surface area contributed by atoms with E-state index in [1.165, 1.54) is 6.07 Å². The first-order chi connectivity index (χ1) is 9.88. The Labute approximate surface area is 129 Å². The van der Waals surface area contributed by atoms with Crippen LogP contribution < -0.4 is 5.73 Å². The lowest BCUT2D eigenvalue weighted by molar-refractivity contribution is 0.359. The number of hydrogen-bond donors (Lipinski definition) is 1. The van der Waals surface area contributed by atoms with Crippen LogP contribution in [-0.4, -0.2) is 16.2 Å². The Morgan fingerprint density at radius 2 is 2.05 bits per heavy atom. The Morgan fingerprint density at radius 1 is 1.33 bits per heavy atom. The van der Waals surface area contributed by atoms with E-state index in [2.05, 4.69) is 39.9 Å². The third-order valence-electron chi connectivity index (χ3n) is 2.96. The van der Waals surface area contributed by atoms with Gasteiger partial charge in [-0.3, -0.25) is 0 Å². The van der Waals surface area contributed by atoms with Crippen LogP contribution in [0.2, 0.25) is 0 Å². The quantitative estimate of drug-likeness (QED) is 0.826. The summed E-state index contributed by atoms with van der Waals surface area (Å²) >= 11 is 3.00. The molecule has 2 N–H and O–H groups in total. The van der Waals surface area contributed by atoms with E-state index in [-0.39, 0.29) is 16.3 Å². The lowest BCUT2D eigenvalue weighted by atomic mass is 10.0. The molecular formula is C14H16BrF2N3O. The van der Waals surface area contributed by atoms with Crippen molar-refractivity contribution in [2.45, 2.75) is 32.7 Å². The molecule has 1 heterocycles. The predicted octanol–water partition coefficient (Wildman–Crippen LogP) is 3.69. The molecule has 0 spiro atoms. The summed E-state index contributed by atoms with van der Waals surface area (Å²) in [4.78, 5) is 4.18. The van der Waals surface area contributed by atoms with Gasteiger partial charge in [-0.25, -0.2) is 8.78 Å². The van der Waals surface area contributed by atoms with Gasteiger partial charge in [0.1, 0.15) is 0 Å². The molecule has 1 unspecified atom stereocenters. The molecule has 0 saturated heterocycles. The molecule has 0 saturated carbocycles. The van der Waals surface area contributed by atoms with Crippen LogP contribution in [0.15, 0.2) is 21.1 Å². The van der Waals surface area contributed by atoms with Gasteiger partial charge in [-0.1, -0.05) is 19.0 Å². The molecule has 1 aromatic carbocycles. The number of benzene rings is 1. The zero-order chi connectivity index (χ0) is 15.6. The van der Waals surface area contributed by atoms with E-state index >= 15 is 0 Å². The average Bonchev–Trinajstić information content (AvgIpc) is 2.83. The van der Waals surface area contributed by atoms with Crippen molar-refractivity contribution in [2.75, 3.05) is 0 Å². The highest BCUT2D eigenvalue weighted by Gasteiger charge is 2.18. The standard InChI is InChI=1S/C14H16BrF2N3O/c1-7(2)5-8(18)6-11-19-14(20-21-11)9-3-4-10(16)13(17)12(9)15/h3-4,7-8H,5-6,18H2,1-2H3. The third-order valence-corrected chi connectivity index (χ3v) is 3.73. The molecule has 2 aromatic rings. The van der Waals surface area contributed by atoms with E-state index in [1.54, 1.807) is 0 Å². The van der Waals surface area contributed by atoms with Gasteiger partial charge < -0.3 is 10.3 Å². The van der Waals surface area contributed by atoms with E-state index in [0.29, 0.717) is 23.8 Å². The maximum absolute atomic E-state index is 13.5. The van der Waals surface area contributed by atoms with Crippen LogP contribution in [0.5, 0.6) is 0 Å². The second-order valence-electron chi connectivity index (χ2n) is 5.33. The monoisotopic (exact) mass is 359 g/mol. The maximum Gasteiger partial charge on any atom is 0.228 e. The zero-order valence-electron chi connectivity index (χ0n) is 11.7. The van der Waals surface area contributed by atoms with Crippen molar-refractivity contribution in [3.8, 4) is 11.4 Å². The highest BCUT2D eigenvalue weighted by Crippen LogP contribution is 2.30. The van der Waals surface area contributed by atoms with Crippen molar-refractivity contribution in [1.29, 1.82) is 0 Å². The highest BCUT2D eigenvalue weighted by atomic mass is 79.9. The summed E-state index contributed by atoms with van der Waals surface area (Å²) in [5.41, 5.74) is 6.32.